The molecule has 0 unspecified atom stereocenters. The van der Waals surface area contributed by atoms with Gasteiger partial charge in [0, 0.05) is 5.56 Å². The Hall–Kier alpha value is -2.46. The third-order valence-electron chi connectivity index (χ3n) is 2.68. The lowest BCUT2D eigenvalue weighted by Crippen LogP contribution is -2.05. The largest absolute Gasteiger partial charge is 0.422 e. The Labute approximate surface area is 120 Å². The van der Waals surface area contributed by atoms with Crippen LogP contribution in [0, 0.1) is 0 Å². The zero-order valence-electron chi connectivity index (χ0n) is 10.5. The second-order valence-electron chi connectivity index (χ2n) is 4.10. The Bertz CT molecular complexity index is 708. The molecule has 0 spiro atoms. The van der Waals surface area contributed by atoms with Gasteiger partial charge in [0.05, 0.1) is 6.20 Å². The molecule has 0 atom stereocenters. The second-order valence-corrected chi connectivity index (χ2v) is 5.13. The van der Waals surface area contributed by atoms with Gasteiger partial charge in [0.1, 0.15) is 15.6 Å². The van der Waals surface area contributed by atoms with Crippen molar-refractivity contribution in [3.63, 3.8) is 0 Å². The van der Waals surface area contributed by atoms with Crippen LogP contribution >= 0.6 is 11.3 Å². The maximum atomic E-state index is 12.0. The summed E-state index contributed by atoms with van der Waals surface area (Å²) in [6, 6.07) is 18.8. The molecule has 4 heteroatoms. The van der Waals surface area contributed by atoms with Crippen molar-refractivity contribution in [1.29, 1.82) is 0 Å². The van der Waals surface area contributed by atoms with Crippen LogP contribution in [0.15, 0.2) is 66.9 Å². The maximum Gasteiger partial charge on any atom is 0.355 e. The second kappa shape index (κ2) is 5.67. The average molecular weight is 281 g/mol. The van der Waals surface area contributed by atoms with Gasteiger partial charge in [0.2, 0.25) is 0 Å². The predicted molar refractivity (Wildman–Crippen MR) is 79.0 cm³/mol. The van der Waals surface area contributed by atoms with Gasteiger partial charge in [0.25, 0.3) is 0 Å². The van der Waals surface area contributed by atoms with E-state index in [4.69, 9.17) is 4.74 Å². The highest BCUT2D eigenvalue weighted by atomic mass is 32.1. The van der Waals surface area contributed by atoms with Crippen molar-refractivity contribution in [2.75, 3.05) is 0 Å². The van der Waals surface area contributed by atoms with Crippen LogP contribution in [-0.4, -0.2) is 11.0 Å². The summed E-state index contributed by atoms with van der Waals surface area (Å²) >= 11 is 1.33. The molecule has 0 saturated heterocycles. The van der Waals surface area contributed by atoms with Crippen molar-refractivity contribution < 1.29 is 9.53 Å². The first-order chi connectivity index (χ1) is 9.83. The van der Waals surface area contributed by atoms with E-state index in [0.717, 1.165) is 10.6 Å². The van der Waals surface area contributed by atoms with E-state index < -0.39 is 0 Å². The number of carbonyl (C=O) groups is 1. The number of para-hydroxylation sites is 1. The normalized spacial score (nSPS) is 10.2. The molecule has 20 heavy (non-hydrogen) atoms. The van der Waals surface area contributed by atoms with E-state index in [1.807, 2.05) is 48.5 Å². The van der Waals surface area contributed by atoms with Gasteiger partial charge < -0.3 is 4.74 Å². The fourth-order valence-electron chi connectivity index (χ4n) is 1.73. The number of nitrogens with zero attached hydrogens (tertiary/aromatic N) is 1. The lowest BCUT2D eigenvalue weighted by atomic mass is 10.2. The molecule has 0 saturated carbocycles. The fraction of sp³-hybridized carbons (Fsp3) is 0. The van der Waals surface area contributed by atoms with E-state index in [2.05, 4.69) is 4.98 Å². The van der Waals surface area contributed by atoms with Gasteiger partial charge in [-0.15, -0.1) is 11.3 Å². The van der Waals surface area contributed by atoms with Crippen molar-refractivity contribution in [2.24, 2.45) is 0 Å². The first kappa shape index (κ1) is 12.6. The lowest BCUT2D eigenvalue weighted by molar-refractivity contribution is 0.0739. The Kier molecular flexibility index (Phi) is 3.56. The monoisotopic (exact) mass is 281 g/mol. The van der Waals surface area contributed by atoms with E-state index in [1.54, 1.807) is 18.3 Å². The van der Waals surface area contributed by atoms with Crippen molar-refractivity contribution in [3.05, 3.63) is 71.7 Å². The third-order valence-corrected chi connectivity index (χ3v) is 3.71. The van der Waals surface area contributed by atoms with E-state index in [1.165, 1.54) is 11.3 Å². The molecular formula is C16H11NO2S. The molecule has 0 N–H and O–H groups in total. The maximum absolute atomic E-state index is 12.0. The Balaban J connectivity index is 1.79. The van der Waals surface area contributed by atoms with Gasteiger partial charge in [-0.3, -0.25) is 0 Å². The van der Waals surface area contributed by atoms with Gasteiger partial charge in [-0.1, -0.05) is 48.5 Å². The van der Waals surface area contributed by atoms with Crippen LogP contribution in [0.4, 0.5) is 0 Å². The highest BCUT2D eigenvalue weighted by Gasteiger charge is 2.13. The molecule has 0 aliphatic carbocycles. The molecule has 1 heterocycles. The fourth-order valence-corrected chi connectivity index (χ4v) is 2.53. The molecule has 0 amide bonds. The van der Waals surface area contributed by atoms with Gasteiger partial charge >= 0.3 is 5.97 Å². The summed E-state index contributed by atoms with van der Waals surface area (Å²) in [5.41, 5.74) is 0.997. The smallest absolute Gasteiger partial charge is 0.355 e. The molecule has 0 aliphatic rings. The average Bonchev–Trinajstić information content (AvgIpc) is 2.99. The zero-order valence-corrected chi connectivity index (χ0v) is 11.3. The lowest BCUT2D eigenvalue weighted by Gasteiger charge is -2.00. The molecule has 0 radical (unpaired) electrons. The highest BCUT2D eigenvalue weighted by Crippen LogP contribution is 2.25. The first-order valence-corrected chi connectivity index (χ1v) is 6.93. The van der Waals surface area contributed by atoms with Crippen molar-refractivity contribution in [3.8, 4) is 16.3 Å². The van der Waals surface area contributed by atoms with Crippen LogP contribution in [0.25, 0.3) is 10.6 Å². The van der Waals surface area contributed by atoms with Gasteiger partial charge in [-0.2, -0.15) is 0 Å². The van der Waals surface area contributed by atoms with Crippen molar-refractivity contribution >= 4 is 17.3 Å². The van der Waals surface area contributed by atoms with Crippen molar-refractivity contribution in [2.45, 2.75) is 0 Å². The summed E-state index contributed by atoms with van der Waals surface area (Å²) in [6.07, 6.45) is 1.55. The van der Waals surface area contributed by atoms with Crippen molar-refractivity contribution in [1.82, 2.24) is 4.98 Å². The first-order valence-electron chi connectivity index (χ1n) is 6.11. The number of hydrogen-bond donors (Lipinski definition) is 0. The minimum Gasteiger partial charge on any atom is -0.422 e. The molecule has 1 aromatic heterocycles. The van der Waals surface area contributed by atoms with Gasteiger partial charge in [-0.25, -0.2) is 9.78 Å². The Morgan fingerprint density at radius 3 is 2.30 bits per heavy atom. The minimum absolute atomic E-state index is 0.379. The van der Waals surface area contributed by atoms with E-state index in [-0.39, 0.29) is 5.97 Å². The Morgan fingerprint density at radius 2 is 1.60 bits per heavy atom. The van der Waals surface area contributed by atoms with Crippen LogP contribution < -0.4 is 4.74 Å². The topological polar surface area (TPSA) is 39.2 Å². The third kappa shape index (κ3) is 2.75. The number of benzene rings is 2. The number of thiazole rings is 1. The van der Waals surface area contributed by atoms with Crippen LogP contribution in [0.3, 0.4) is 0 Å². The zero-order chi connectivity index (χ0) is 13.8. The molecule has 0 fully saturated rings. The molecule has 98 valence electrons. The molecule has 0 aliphatic heterocycles. The number of esters is 1. The predicted octanol–water partition coefficient (Wildman–Crippen LogP) is 4.03. The summed E-state index contributed by atoms with van der Waals surface area (Å²) < 4.78 is 5.28. The quantitative estimate of drug-likeness (QED) is 0.537. The van der Waals surface area contributed by atoms with Gasteiger partial charge in [0.15, 0.2) is 0 Å². The summed E-state index contributed by atoms with van der Waals surface area (Å²) in [4.78, 5) is 16.8. The van der Waals surface area contributed by atoms with Crippen LogP contribution in [-0.2, 0) is 0 Å². The molecule has 3 nitrogen and oxygen atoms in total. The standard InChI is InChI=1S/C16H11NO2S/c18-16(19-13-9-5-2-6-10-13)14-11-17-15(20-14)12-7-3-1-4-8-12/h1-11H. The summed E-state index contributed by atoms with van der Waals surface area (Å²) in [7, 11) is 0. The van der Waals surface area contributed by atoms with Gasteiger partial charge in [-0.05, 0) is 12.1 Å². The molecule has 2 aromatic carbocycles. The minimum atomic E-state index is -0.379. The van der Waals surface area contributed by atoms with Crippen LogP contribution in [0.5, 0.6) is 5.75 Å². The number of carbonyl (C=O) groups excluding carboxylic acids is 1. The molecule has 3 aromatic rings. The van der Waals surface area contributed by atoms with Crippen LogP contribution in [0.1, 0.15) is 9.67 Å². The Morgan fingerprint density at radius 1 is 0.950 bits per heavy atom. The summed E-state index contributed by atoms with van der Waals surface area (Å²) in [5, 5.41) is 0.811. The highest BCUT2D eigenvalue weighted by molar-refractivity contribution is 7.16. The number of ether oxygens (including phenoxy) is 1. The van der Waals surface area contributed by atoms with E-state index >= 15 is 0 Å². The number of aromatic nitrogens is 1. The van der Waals surface area contributed by atoms with E-state index in [0.29, 0.717) is 10.6 Å². The molecular weight excluding hydrogens is 270 g/mol. The summed E-state index contributed by atoms with van der Waals surface area (Å²) in [6.45, 7) is 0. The number of rotatable bonds is 3. The van der Waals surface area contributed by atoms with Crippen LogP contribution in [0.2, 0.25) is 0 Å². The van der Waals surface area contributed by atoms with E-state index in [9.17, 15) is 4.79 Å². The summed E-state index contributed by atoms with van der Waals surface area (Å²) in [5.74, 6) is 0.156. The molecule has 0 bridgehead atoms. The number of hydrogen-bond acceptors (Lipinski definition) is 4. The molecule has 3 rings (SSSR count). The SMILES string of the molecule is O=C(Oc1ccccc1)c1cnc(-c2ccccc2)s1.